The van der Waals surface area contributed by atoms with Crippen LogP contribution in [0.25, 0.3) is 17.1 Å². The van der Waals surface area contributed by atoms with Crippen LogP contribution in [0.3, 0.4) is 0 Å². The van der Waals surface area contributed by atoms with E-state index >= 15 is 0 Å². The van der Waals surface area contributed by atoms with Gasteiger partial charge in [-0.25, -0.2) is 4.68 Å². The molecule has 0 radical (unpaired) electrons. The molecule has 1 aromatic carbocycles. The number of amides is 2. The molecule has 2 N–H and O–H groups in total. The Morgan fingerprint density at radius 1 is 0.956 bits per heavy atom. The number of hydrogen-bond acceptors (Lipinski definition) is 6. The van der Waals surface area contributed by atoms with Crippen molar-refractivity contribution in [3.05, 3.63) is 108 Å². The summed E-state index contributed by atoms with van der Waals surface area (Å²) in [6, 6.07) is 14.0. The quantitative estimate of drug-likeness (QED) is 0.237. The van der Waals surface area contributed by atoms with Gasteiger partial charge in [-0.05, 0) is 60.9 Å². The number of anilines is 1. The second-order valence-corrected chi connectivity index (χ2v) is 9.21. The molecule has 1 unspecified atom stereocenters. The summed E-state index contributed by atoms with van der Waals surface area (Å²) < 4.78 is 42.0. The lowest BCUT2D eigenvalue weighted by Gasteiger charge is -2.13. The molecule has 4 aromatic rings. The van der Waals surface area contributed by atoms with Gasteiger partial charge in [-0.1, -0.05) is 58.1 Å². The second-order valence-electron chi connectivity index (χ2n) is 9.21. The Morgan fingerprint density at radius 2 is 1.69 bits per heavy atom. The van der Waals surface area contributed by atoms with E-state index in [-0.39, 0.29) is 29.2 Å². The Kier molecular flexibility index (Phi) is 12.3. The zero-order valence-electron chi connectivity index (χ0n) is 25.8. The normalized spacial score (nSPS) is 14.0. The molecule has 3 heterocycles. The van der Waals surface area contributed by atoms with Gasteiger partial charge in [0.2, 0.25) is 0 Å². The highest BCUT2D eigenvalue weighted by molar-refractivity contribution is 6.05. The molecule has 0 saturated heterocycles. The van der Waals surface area contributed by atoms with Crippen molar-refractivity contribution in [2.24, 2.45) is 0 Å². The maximum atomic E-state index is 13.8. The topological polar surface area (TPSA) is 115 Å². The van der Waals surface area contributed by atoms with E-state index in [1.807, 2.05) is 52.0 Å². The van der Waals surface area contributed by atoms with E-state index in [1.54, 1.807) is 37.4 Å². The van der Waals surface area contributed by atoms with Crippen molar-refractivity contribution in [2.45, 2.75) is 52.6 Å². The van der Waals surface area contributed by atoms with Gasteiger partial charge < -0.3 is 10.6 Å². The smallest absolute Gasteiger partial charge is 0.355 e. The van der Waals surface area contributed by atoms with Crippen LogP contribution in [0, 0.1) is 0 Å². The number of allylic oxidation sites excluding steroid dienone is 2. The van der Waals surface area contributed by atoms with Crippen molar-refractivity contribution < 1.29 is 22.8 Å². The van der Waals surface area contributed by atoms with Gasteiger partial charge in [0, 0.05) is 42.1 Å². The Hall–Kier alpha value is -5.13. The van der Waals surface area contributed by atoms with Crippen LogP contribution in [-0.2, 0) is 11.0 Å². The monoisotopic (exact) mass is 619 g/mol. The van der Waals surface area contributed by atoms with E-state index in [0.717, 1.165) is 24.5 Å². The van der Waals surface area contributed by atoms with Gasteiger partial charge in [0.15, 0.2) is 17.3 Å². The minimum Gasteiger partial charge on any atom is -0.355 e. The molecule has 1 aliphatic rings. The zero-order valence-corrected chi connectivity index (χ0v) is 25.8. The van der Waals surface area contributed by atoms with Crippen LogP contribution in [0.15, 0.2) is 90.8 Å². The van der Waals surface area contributed by atoms with E-state index < -0.39 is 17.8 Å². The van der Waals surface area contributed by atoms with Crippen LogP contribution in [0.2, 0.25) is 0 Å². The Morgan fingerprint density at radius 3 is 2.29 bits per heavy atom. The molecule has 1 aliphatic carbocycles. The molecule has 45 heavy (non-hydrogen) atoms. The minimum absolute atomic E-state index is 0.0624. The van der Waals surface area contributed by atoms with Gasteiger partial charge in [-0.3, -0.25) is 14.6 Å². The van der Waals surface area contributed by atoms with Crippen molar-refractivity contribution in [2.75, 3.05) is 12.4 Å². The predicted molar refractivity (Wildman–Crippen MR) is 168 cm³/mol. The standard InChI is InChI=1S/C29H24F3N7O2.2C2H6/c1-33-27(40)19-10-8-18(9-11-19)20-5-2-3-6-21(15-20)28(41)35-25-12-13-26(37-36-25)39-24(29(30,31)32)16-23(38-39)22-7-4-14-34-17-22;2*1-2/h3-4,6-17,20H,2,5H2,1H3,(H,33,40)(H,35,36,41);2*1-2H3. The fourth-order valence-electron chi connectivity index (χ4n) is 4.39. The summed E-state index contributed by atoms with van der Waals surface area (Å²) in [5.74, 6) is -0.784. The van der Waals surface area contributed by atoms with Crippen molar-refractivity contribution >= 4 is 17.6 Å². The molecule has 236 valence electrons. The highest BCUT2D eigenvalue weighted by Crippen LogP contribution is 2.34. The maximum absolute atomic E-state index is 13.8. The third-order valence-corrected chi connectivity index (χ3v) is 6.48. The molecule has 5 rings (SSSR count). The molecular weight excluding hydrogens is 583 g/mol. The largest absolute Gasteiger partial charge is 0.433 e. The number of hydrogen-bond donors (Lipinski definition) is 2. The fraction of sp³-hybridized carbons (Fsp3) is 0.273. The summed E-state index contributed by atoms with van der Waals surface area (Å²) >= 11 is 0. The van der Waals surface area contributed by atoms with E-state index in [1.165, 1.54) is 24.5 Å². The van der Waals surface area contributed by atoms with Crippen LogP contribution in [0.5, 0.6) is 0 Å². The van der Waals surface area contributed by atoms with Crippen LogP contribution < -0.4 is 10.6 Å². The van der Waals surface area contributed by atoms with Gasteiger partial charge in [0.1, 0.15) is 0 Å². The maximum Gasteiger partial charge on any atom is 0.433 e. The van der Waals surface area contributed by atoms with E-state index in [2.05, 4.69) is 30.9 Å². The number of halogens is 3. The Bertz CT molecular complexity index is 1610. The number of alkyl halides is 3. The fourth-order valence-corrected chi connectivity index (χ4v) is 4.39. The van der Waals surface area contributed by atoms with Gasteiger partial charge in [0.25, 0.3) is 11.8 Å². The lowest BCUT2D eigenvalue weighted by Crippen LogP contribution is -2.17. The van der Waals surface area contributed by atoms with Crippen LogP contribution in [-0.4, -0.2) is 43.8 Å². The Balaban J connectivity index is 0.00000133. The highest BCUT2D eigenvalue weighted by Gasteiger charge is 2.37. The van der Waals surface area contributed by atoms with Crippen molar-refractivity contribution in [1.29, 1.82) is 0 Å². The average Bonchev–Trinajstić information content (AvgIpc) is 3.40. The number of carbonyl (C=O) groups excluding carboxylic acids is 2. The molecule has 0 bridgehead atoms. The second kappa shape index (κ2) is 16.1. The summed E-state index contributed by atoms with van der Waals surface area (Å²) in [5, 5.41) is 17.1. The molecule has 0 aliphatic heterocycles. The van der Waals surface area contributed by atoms with Crippen LogP contribution in [0.4, 0.5) is 19.0 Å². The molecule has 0 spiro atoms. The first-order valence-electron chi connectivity index (χ1n) is 14.7. The molecule has 3 aromatic heterocycles. The summed E-state index contributed by atoms with van der Waals surface area (Å²) in [6.45, 7) is 8.00. The van der Waals surface area contributed by atoms with Crippen molar-refractivity contribution in [3.63, 3.8) is 0 Å². The number of aromatic nitrogens is 5. The van der Waals surface area contributed by atoms with Gasteiger partial charge in [0.05, 0.1) is 5.69 Å². The summed E-state index contributed by atoms with van der Waals surface area (Å²) in [4.78, 5) is 28.8. The molecule has 1 atom stereocenters. The first-order valence-corrected chi connectivity index (χ1v) is 14.7. The molecular formula is C33H36F3N7O2. The number of nitrogens with zero attached hydrogens (tertiary/aromatic N) is 5. The lowest BCUT2D eigenvalue weighted by atomic mass is 9.92. The van der Waals surface area contributed by atoms with Crippen LogP contribution in [0.1, 0.15) is 68.1 Å². The van der Waals surface area contributed by atoms with Crippen LogP contribution >= 0.6 is 0 Å². The molecule has 12 heteroatoms. The first kappa shape index (κ1) is 34.4. The SMILES string of the molecule is CC.CC.CNC(=O)c1ccc(C2C=C(C(=O)Nc3ccc(-n4nc(-c5cccnc5)cc4C(F)(F)F)nn3)C=CCC2)cc1. The number of nitrogens with one attached hydrogen (secondary N) is 2. The lowest BCUT2D eigenvalue weighted by molar-refractivity contribution is -0.142. The van der Waals surface area contributed by atoms with Gasteiger partial charge in [-0.2, -0.15) is 18.3 Å². The number of pyridine rings is 1. The first-order chi connectivity index (χ1) is 21.7. The molecule has 0 fully saturated rings. The predicted octanol–water partition coefficient (Wildman–Crippen LogP) is 7.15. The number of rotatable bonds is 6. The minimum atomic E-state index is -4.69. The van der Waals surface area contributed by atoms with E-state index in [0.29, 0.717) is 21.4 Å². The van der Waals surface area contributed by atoms with E-state index in [9.17, 15) is 22.8 Å². The molecule has 9 nitrogen and oxygen atoms in total. The molecule has 2 amide bonds. The number of benzene rings is 1. The molecule has 0 saturated carbocycles. The third-order valence-electron chi connectivity index (χ3n) is 6.48. The van der Waals surface area contributed by atoms with Crippen molar-refractivity contribution in [3.8, 4) is 17.1 Å². The van der Waals surface area contributed by atoms with E-state index in [4.69, 9.17) is 0 Å². The summed E-state index contributed by atoms with van der Waals surface area (Å²) in [7, 11) is 1.57. The average molecular weight is 620 g/mol. The van der Waals surface area contributed by atoms with Gasteiger partial charge >= 0.3 is 6.18 Å². The summed E-state index contributed by atoms with van der Waals surface area (Å²) in [6.07, 6.45) is 5.21. The Labute approximate surface area is 260 Å². The van der Waals surface area contributed by atoms with Gasteiger partial charge in [-0.15, -0.1) is 10.2 Å². The summed E-state index contributed by atoms with van der Waals surface area (Å²) in [5.41, 5.74) is 1.37. The van der Waals surface area contributed by atoms with Crippen molar-refractivity contribution in [1.82, 2.24) is 30.3 Å². The number of carbonyl (C=O) groups is 2. The zero-order chi connectivity index (χ0) is 33.0. The third kappa shape index (κ3) is 8.71. The highest BCUT2D eigenvalue weighted by atomic mass is 19.4.